The molecular formula is C21H39Br2N5O2Si2. The van der Waals surface area contributed by atoms with E-state index >= 15 is 0 Å². The van der Waals surface area contributed by atoms with Gasteiger partial charge in [-0.2, -0.15) is 5.26 Å². The molecule has 0 aliphatic carbocycles. The number of imidazole rings is 2. The molecule has 2 rings (SSSR count). The Morgan fingerprint density at radius 3 is 1.91 bits per heavy atom. The van der Waals surface area contributed by atoms with Gasteiger partial charge in [0.05, 0.1) is 0 Å². The zero-order valence-corrected chi connectivity index (χ0v) is 24.9. The van der Waals surface area contributed by atoms with Crippen LogP contribution in [0.1, 0.15) is 18.8 Å². The van der Waals surface area contributed by atoms with Gasteiger partial charge in [0.25, 0.3) is 0 Å². The highest BCUT2D eigenvalue weighted by Crippen LogP contribution is 2.13. The predicted octanol–water partition coefficient (Wildman–Crippen LogP) is 6.73. The van der Waals surface area contributed by atoms with Crippen molar-refractivity contribution in [3.63, 3.8) is 0 Å². The third kappa shape index (κ3) is 13.1. The fraction of sp³-hybridized carbons (Fsp3) is 0.667. The first-order valence-corrected chi connectivity index (χ1v) is 19.3. The van der Waals surface area contributed by atoms with Crippen molar-refractivity contribution in [2.45, 2.75) is 79.2 Å². The summed E-state index contributed by atoms with van der Waals surface area (Å²) in [5.74, 6) is 0. The highest BCUT2D eigenvalue weighted by molar-refractivity contribution is 9.10. The molecule has 0 amide bonds. The molecule has 0 saturated heterocycles. The van der Waals surface area contributed by atoms with Crippen LogP contribution in [0.25, 0.3) is 0 Å². The molecule has 0 bridgehead atoms. The van der Waals surface area contributed by atoms with Crippen LogP contribution in [0.15, 0.2) is 21.9 Å². The molecule has 0 spiro atoms. The molecule has 2 aromatic rings. The maximum atomic E-state index is 8.67. The van der Waals surface area contributed by atoms with E-state index < -0.39 is 16.1 Å². The number of nitrogens with zero attached hydrogens (tertiary/aromatic N) is 5. The van der Waals surface area contributed by atoms with E-state index in [2.05, 4.69) is 81.1 Å². The molecular weight excluding hydrogens is 570 g/mol. The third-order valence-electron chi connectivity index (χ3n) is 4.29. The molecule has 0 unspecified atom stereocenters. The van der Waals surface area contributed by atoms with Crippen LogP contribution in [0, 0.1) is 18.3 Å². The molecule has 0 N–H and O–H groups in total. The Hall–Kier alpha value is -0.776. The average molecular weight is 610 g/mol. The summed E-state index contributed by atoms with van der Waals surface area (Å²) >= 11 is 6.67. The fourth-order valence-electron chi connectivity index (χ4n) is 2.20. The SMILES string of the molecule is C.C[Si](C)(C)CCOCn1cc(C#N)nc1Br.Cc1cnc(Br)n1COCC[Si](C)(C)C. The van der Waals surface area contributed by atoms with Crippen molar-refractivity contribution in [2.75, 3.05) is 13.2 Å². The fourth-order valence-corrected chi connectivity index (χ4v) is 4.59. The van der Waals surface area contributed by atoms with Gasteiger partial charge in [-0.3, -0.25) is 4.57 Å². The molecule has 0 aliphatic heterocycles. The van der Waals surface area contributed by atoms with Crippen LogP contribution in [0.2, 0.25) is 51.4 Å². The van der Waals surface area contributed by atoms with Crippen LogP contribution in [-0.4, -0.2) is 48.5 Å². The molecule has 0 aromatic carbocycles. The Kier molecular flexibility index (Phi) is 14.1. The Morgan fingerprint density at radius 2 is 1.50 bits per heavy atom. The van der Waals surface area contributed by atoms with E-state index in [0.717, 1.165) is 29.7 Å². The largest absolute Gasteiger partial charge is 0.361 e. The van der Waals surface area contributed by atoms with Crippen molar-refractivity contribution in [2.24, 2.45) is 0 Å². The zero-order valence-electron chi connectivity index (χ0n) is 19.7. The first-order chi connectivity index (χ1) is 14.3. The van der Waals surface area contributed by atoms with E-state index in [4.69, 9.17) is 14.7 Å². The molecule has 11 heteroatoms. The molecule has 32 heavy (non-hydrogen) atoms. The number of halogens is 2. The molecule has 0 fully saturated rings. The summed E-state index contributed by atoms with van der Waals surface area (Å²) in [6, 6.07) is 4.34. The molecule has 0 saturated carbocycles. The second-order valence-electron chi connectivity index (χ2n) is 9.77. The van der Waals surface area contributed by atoms with Gasteiger partial charge >= 0.3 is 0 Å². The zero-order chi connectivity index (χ0) is 23.7. The molecule has 0 atom stereocenters. The van der Waals surface area contributed by atoms with Crippen LogP contribution >= 0.6 is 31.9 Å². The standard InChI is InChI=1S/C10H16BrN3OSi.C10H19BrN2OSi.CH4/c1-16(2,3)5-4-15-8-14-7-9(6-12)13-10(14)11;1-9-7-12-10(11)13(9)8-14-5-6-15(2,3)4;/h7H,4-5,8H2,1-3H3;7H,5-6,8H2,1-4H3;1H4. The van der Waals surface area contributed by atoms with Crippen molar-refractivity contribution >= 4 is 48.0 Å². The van der Waals surface area contributed by atoms with E-state index in [0.29, 0.717) is 23.9 Å². The van der Waals surface area contributed by atoms with Crippen molar-refractivity contribution in [3.05, 3.63) is 33.2 Å². The van der Waals surface area contributed by atoms with Gasteiger partial charge in [0.1, 0.15) is 19.5 Å². The summed E-state index contributed by atoms with van der Waals surface area (Å²) in [5.41, 5.74) is 1.52. The van der Waals surface area contributed by atoms with Gasteiger partial charge < -0.3 is 14.0 Å². The van der Waals surface area contributed by atoms with Gasteiger partial charge in [0, 0.05) is 47.4 Å². The minimum Gasteiger partial charge on any atom is -0.361 e. The molecule has 0 radical (unpaired) electrons. The first-order valence-electron chi connectivity index (χ1n) is 10.3. The van der Waals surface area contributed by atoms with Gasteiger partial charge in [0.2, 0.25) is 0 Å². The lowest BCUT2D eigenvalue weighted by Crippen LogP contribution is -2.22. The maximum Gasteiger partial charge on any atom is 0.180 e. The van der Waals surface area contributed by atoms with Gasteiger partial charge in [-0.1, -0.05) is 46.7 Å². The molecule has 2 aromatic heterocycles. The summed E-state index contributed by atoms with van der Waals surface area (Å²) in [7, 11) is -1.99. The van der Waals surface area contributed by atoms with Crippen LogP contribution in [0.3, 0.4) is 0 Å². The van der Waals surface area contributed by atoms with E-state index in [1.165, 1.54) is 6.04 Å². The molecule has 7 nitrogen and oxygen atoms in total. The van der Waals surface area contributed by atoms with Gasteiger partial charge in [0.15, 0.2) is 15.2 Å². The Labute approximate surface area is 212 Å². The highest BCUT2D eigenvalue weighted by atomic mass is 79.9. The van der Waals surface area contributed by atoms with E-state index in [1.54, 1.807) is 10.8 Å². The molecule has 182 valence electrons. The maximum absolute atomic E-state index is 8.67. The minimum absolute atomic E-state index is 0. The first kappa shape index (κ1) is 31.2. The number of aromatic nitrogens is 4. The number of aryl methyl sites for hydroxylation is 1. The Morgan fingerprint density at radius 1 is 0.969 bits per heavy atom. The molecule has 0 aliphatic rings. The van der Waals surface area contributed by atoms with Crippen LogP contribution in [0.5, 0.6) is 0 Å². The second-order valence-corrected chi connectivity index (χ2v) is 22.4. The lowest BCUT2D eigenvalue weighted by molar-refractivity contribution is 0.0843. The summed E-state index contributed by atoms with van der Waals surface area (Å²) in [6.45, 7) is 18.7. The van der Waals surface area contributed by atoms with Gasteiger partial charge in [-0.25, -0.2) is 9.97 Å². The predicted molar refractivity (Wildman–Crippen MR) is 144 cm³/mol. The van der Waals surface area contributed by atoms with Crippen molar-refractivity contribution in [3.8, 4) is 6.07 Å². The summed E-state index contributed by atoms with van der Waals surface area (Å²) in [4.78, 5) is 8.16. The number of hydrogen-bond donors (Lipinski definition) is 0. The number of rotatable bonds is 10. The molecule has 2 heterocycles. The summed E-state index contributed by atoms with van der Waals surface area (Å²) in [6.07, 6.45) is 3.52. The van der Waals surface area contributed by atoms with E-state index in [1.807, 2.05) is 23.8 Å². The number of nitriles is 1. The van der Waals surface area contributed by atoms with Gasteiger partial charge in [-0.15, -0.1) is 0 Å². The summed E-state index contributed by atoms with van der Waals surface area (Å²) < 4.78 is 16.5. The number of ether oxygens (including phenoxy) is 2. The quantitative estimate of drug-likeness (QED) is 0.221. The van der Waals surface area contributed by atoms with Crippen LogP contribution in [-0.2, 0) is 22.9 Å². The lowest BCUT2D eigenvalue weighted by Gasteiger charge is -2.16. The van der Waals surface area contributed by atoms with E-state index in [9.17, 15) is 0 Å². The van der Waals surface area contributed by atoms with Crippen molar-refractivity contribution < 1.29 is 9.47 Å². The normalized spacial score (nSPS) is 11.4. The Balaban J connectivity index is 0.000000584. The Bertz CT molecular complexity index is 832. The van der Waals surface area contributed by atoms with Crippen LogP contribution in [0.4, 0.5) is 0 Å². The van der Waals surface area contributed by atoms with Crippen LogP contribution < -0.4 is 0 Å². The monoisotopic (exact) mass is 607 g/mol. The summed E-state index contributed by atoms with van der Waals surface area (Å²) in [5, 5.41) is 8.67. The second kappa shape index (κ2) is 14.5. The van der Waals surface area contributed by atoms with Crippen molar-refractivity contribution in [1.29, 1.82) is 5.26 Å². The highest BCUT2D eigenvalue weighted by Gasteiger charge is 2.13. The smallest absolute Gasteiger partial charge is 0.180 e. The third-order valence-corrected chi connectivity index (χ3v) is 8.97. The number of hydrogen-bond acceptors (Lipinski definition) is 5. The topological polar surface area (TPSA) is 77.9 Å². The van der Waals surface area contributed by atoms with Crippen molar-refractivity contribution in [1.82, 2.24) is 19.1 Å². The van der Waals surface area contributed by atoms with E-state index in [-0.39, 0.29) is 7.43 Å². The average Bonchev–Trinajstić information content (AvgIpc) is 3.17. The lowest BCUT2D eigenvalue weighted by atomic mass is 10.5. The van der Waals surface area contributed by atoms with Gasteiger partial charge in [-0.05, 0) is 50.9 Å². The minimum atomic E-state index is -1.02.